The fourth-order valence-corrected chi connectivity index (χ4v) is 7.03. The number of piperidine rings is 2. The van der Waals surface area contributed by atoms with Crippen LogP contribution in [0.3, 0.4) is 0 Å². The zero-order valence-corrected chi connectivity index (χ0v) is 28.7. The number of carbonyl (C=O) groups excluding carboxylic acids is 5. The zero-order chi connectivity index (χ0) is 35.0. The number of aromatic nitrogens is 2. The Balaban J connectivity index is 1.09. The van der Waals surface area contributed by atoms with Crippen LogP contribution in [0.1, 0.15) is 67.4 Å². The topological polar surface area (TPSA) is 154 Å². The molecule has 14 heteroatoms. The molecule has 252 valence electrons. The van der Waals surface area contributed by atoms with E-state index in [1.807, 2.05) is 12.1 Å². The fourth-order valence-electron chi connectivity index (χ4n) is 6.56. The number of amides is 5. The van der Waals surface area contributed by atoms with Gasteiger partial charge in [0.05, 0.1) is 29.6 Å². The Kier molecular flexibility index (Phi) is 9.49. The normalized spacial score (nSPS) is 20.7. The third-order valence-electron chi connectivity index (χ3n) is 9.05. The SMILES string of the molecule is CN1C[C@@H](Nc2cnn(C)c(=O)c2Br)C[C@@H](c2ccc(C(=O)N(C)CC#Cc3cccc4c3C(=O)N(C3CCC(=O)NC3=O)C4=O)cc2)C1. The number of benzene rings is 2. The average Bonchev–Trinajstić information content (AvgIpc) is 3.34. The molecule has 3 aliphatic rings. The molecule has 2 aromatic carbocycles. The van der Waals surface area contributed by atoms with Crippen molar-refractivity contribution in [3.63, 3.8) is 0 Å². The summed E-state index contributed by atoms with van der Waals surface area (Å²) in [5.74, 6) is 3.49. The first-order chi connectivity index (χ1) is 23.4. The van der Waals surface area contributed by atoms with Gasteiger partial charge in [-0.3, -0.25) is 39.0 Å². The van der Waals surface area contributed by atoms with E-state index < -0.39 is 29.7 Å². The molecule has 4 heterocycles. The van der Waals surface area contributed by atoms with Crippen molar-refractivity contribution < 1.29 is 24.0 Å². The number of likely N-dealkylation sites (tertiary alicyclic amines) is 1. The summed E-state index contributed by atoms with van der Waals surface area (Å²) >= 11 is 3.39. The average molecular weight is 729 g/mol. The first-order valence-electron chi connectivity index (χ1n) is 15.8. The molecule has 2 N–H and O–H groups in total. The Morgan fingerprint density at radius 3 is 2.55 bits per heavy atom. The largest absolute Gasteiger partial charge is 0.379 e. The molecule has 3 aromatic rings. The Bertz CT molecular complexity index is 2000. The molecule has 2 saturated heterocycles. The predicted octanol–water partition coefficient (Wildman–Crippen LogP) is 1.97. The number of anilines is 1. The Morgan fingerprint density at radius 2 is 1.82 bits per heavy atom. The van der Waals surface area contributed by atoms with Gasteiger partial charge in [-0.1, -0.05) is 30.0 Å². The maximum atomic E-state index is 13.3. The van der Waals surface area contributed by atoms with Gasteiger partial charge in [0.15, 0.2) is 0 Å². The van der Waals surface area contributed by atoms with E-state index in [4.69, 9.17) is 0 Å². The number of nitrogens with zero attached hydrogens (tertiary/aromatic N) is 5. The fraction of sp³-hybridized carbons (Fsp3) is 0.343. The highest BCUT2D eigenvalue weighted by Gasteiger charge is 2.45. The smallest absolute Gasteiger partial charge is 0.282 e. The molecule has 5 amide bonds. The van der Waals surface area contributed by atoms with Gasteiger partial charge in [-0.05, 0) is 71.6 Å². The van der Waals surface area contributed by atoms with Crippen LogP contribution in [0.5, 0.6) is 0 Å². The summed E-state index contributed by atoms with van der Waals surface area (Å²) in [6.45, 7) is 1.71. The van der Waals surface area contributed by atoms with E-state index in [0.717, 1.165) is 30.0 Å². The summed E-state index contributed by atoms with van der Waals surface area (Å²) in [7, 11) is 5.29. The van der Waals surface area contributed by atoms with E-state index in [0.29, 0.717) is 21.3 Å². The molecular weight excluding hydrogens is 694 g/mol. The summed E-state index contributed by atoms with van der Waals surface area (Å²) in [5, 5.41) is 9.77. The minimum Gasteiger partial charge on any atom is -0.379 e. The van der Waals surface area contributed by atoms with Crippen LogP contribution in [0.2, 0.25) is 0 Å². The van der Waals surface area contributed by atoms with E-state index in [-0.39, 0.29) is 53.9 Å². The van der Waals surface area contributed by atoms with Crippen molar-refractivity contribution in [2.45, 2.75) is 37.3 Å². The maximum absolute atomic E-state index is 13.3. The third kappa shape index (κ3) is 6.77. The van der Waals surface area contributed by atoms with Crippen molar-refractivity contribution in [2.75, 3.05) is 39.0 Å². The molecule has 1 unspecified atom stereocenters. The van der Waals surface area contributed by atoms with Gasteiger partial charge in [-0.15, -0.1) is 0 Å². The van der Waals surface area contributed by atoms with Crippen LogP contribution in [0, 0.1) is 11.8 Å². The van der Waals surface area contributed by atoms with Gasteiger partial charge in [0.2, 0.25) is 11.8 Å². The maximum Gasteiger partial charge on any atom is 0.282 e. The Morgan fingerprint density at radius 1 is 1.06 bits per heavy atom. The molecule has 49 heavy (non-hydrogen) atoms. The van der Waals surface area contributed by atoms with Crippen LogP contribution in [0.25, 0.3) is 0 Å². The minimum atomic E-state index is -1.07. The van der Waals surface area contributed by atoms with Crippen molar-refractivity contribution >= 4 is 51.2 Å². The van der Waals surface area contributed by atoms with Crippen molar-refractivity contribution in [1.82, 2.24) is 29.8 Å². The molecule has 1 aromatic heterocycles. The molecule has 6 rings (SSSR count). The van der Waals surface area contributed by atoms with Gasteiger partial charge in [-0.25, -0.2) is 4.68 Å². The highest BCUT2D eigenvalue weighted by atomic mass is 79.9. The second-order valence-electron chi connectivity index (χ2n) is 12.6. The molecule has 3 atom stereocenters. The number of aryl methyl sites for hydroxylation is 1. The molecule has 0 aliphatic carbocycles. The minimum absolute atomic E-state index is 0.0325. The van der Waals surface area contributed by atoms with Gasteiger partial charge in [-0.2, -0.15) is 5.10 Å². The summed E-state index contributed by atoms with van der Waals surface area (Å²) in [4.78, 5) is 80.6. The number of hydrogen-bond acceptors (Lipinski definition) is 9. The van der Waals surface area contributed by atoms with E-state index >= 15 is 0 Å². The molecule has 0 spiro atoms. The molecular formula is C35H34BrN7O6. The number of carbonyl (C=O) groups is 5. The van der Waals surface area contributed by atoms with Gasteiger partial charge in [0.1, 0.15) is 10.5 Å². The van der Waals surface area contributed by atoms with E-state index in [2.05, 4.69) is 55.5 Å². The molecule has 3 aliphatic heterocycles. The van der Waals surface area contributed by atoms with Crippen LogP contribution in [-0.2, 0) is 16.6 Å². The lowest BCUT2D eigenvalue weighted by Crippen LogP contribution is -2.54. The molecule has 0 bridgehead atoms. The summed E-state index contributed by atoms with van der Waals surface area (Å²) < 4.78 is 1.72. The summed E-state index contributed by atoms with van der Waals surface area (Å²) in [6.07, 6.45) is 2.57. The second-order valence-corrected chi connectivity index (χ2v) is 13.3. The second kappa shape index (κ2) is 13.8. The van der Waals surface area contributed by atoms with Gasteiger partial charge in [0.25, 0.3) is 23.3 Å². The number of imide groups is 2. The lowest BCUT2D eigenvalue weighted by molar-refractivity contribution is -0.136. The van der Waals surface area contributed by atoms with Gasteiger partial charge >= 0.3 is 0 Å². The highest BCUT2D eigenvalue weighted by molar-refractivity contribution is 9.10. The third-order valence-corrected chi connectivity index (χ3v) is 9.82. The number of likely N-dealkylation sites (N-methyl/N-ethyl adjacent to an activating group) is 1. The van der Waals surface area contributed by atoms with Crippen molar-refractivity contribution in [3.05, 3.63) is 91.3 Å². The highest BCUT2D eigenvalue weighted by Crippen LogP contribution is 2.31. The number of nitrogens with one attached hydrogen (secondary N) is 2. The first-order valence-corrected chi connectivity index (χ1v) is 16.6. The summed E-state index contributed by atoms with van der Waals surface area (Å²) in [5.41, 5.74) is 2.62. The van der Waals surface area contributed by atoms with Gasteiger partial charge < -0.3 is 15.1 Å². The first kappa shape index (κ1) is 33.8. The number of hydrogen-bond donors (Lipinski definition) is 2. The van der Waals surface area contributed by atoms with Crippen LogP contribution < -0.4 is 16.2 Å². The van der Waals surface area contributed by atoms with Crippen LogP contribution >= 0.6 is 15.9 Å². The van der Waals surface area contributed by atoms with Crippen LogP contribution in [0.15, 0.2) is 57.9 Å². The zero-order valence-electron chi connectivity index (χ0n) is 27.2. The predicted molar refractivity (Wildman–Crippen MR) is 183 cm³/mol. The monoisotopic (exact) mass is 727 g/mol. The Hall–Kier alpha value is -5.13. The van der Waals surface area contributed by atoms with Crippen molar-refractivity contribution in [3.8, 4) is 11.8 Å². The van der Waals surface area contributed by atoms with E-state index in [1.165, 1.54) is 15.6 Å². The van der Waals surface area contributed by atoms with Crippen LogP contribution in [-0.4, -0.2) is 99.8 Å². The number of halogens is 1. The quantitative estimate of drug-likeness (QED) is 0.287. The standard InChI is InChI=1S/C35H34BrN7O6/c1-40-18-23(16-24(19-40)38-26-17-37-42(3)35(49)30(26)36)20-9-11-22(12-10-20)32(46)41(2)15-5-7-21-6-4-8-25-29(21)34(48)43(33(25)47)27-13-14-28(44)39-31(27)45/h4,6,8-12,17,23-24,27,38H,13-16,18-19H2,1-3H3,(H,39,44,45)/t23-,24+,27?/m1/s1. The number of rotatable bonds is 6. The summed E-state index contributed by atoms with van der Waals surface area (Å²) in [6, 6.07) is 11.3. The Labute approximate surface area is 290 Å². The lowest BCUT2D eigenvalue weighted by Gasteiger charge is -2.37. The lowest BCUT2D eigenvalue weighted by atomic mass is 9.87. The van der Waals surface area contributed by atoms with Crippen LogP contribution in [0.4, 0.5) is 5.69 Å². The van der Waals surface area contributed by atoms with E-state index in [1.54, 1.807) is 44.6 Å². The van der Waals surface area contributed by atoms with Crippen molar-refractivity contribution in [1.29, 1.82) is 0 Å². The van der Waals surface area contributed by atoms with E-state index in [9.17, 15) is 28.8 Å². The van der Waals surface area contributed by atoms with Crippen molar-refractivity contribution in [2.24, 2.45) is 7.05 Å². The number of fused-ring (bicyclic) bond motifs is 1. The molecule has 13 nitrogen and oxygen atoms in total. The molecule has 0 radical (unpaired) electrons. The molecule has 0 saturated carbocycles. The molecule has 2 fully saturated rings. The van der Waals surface area contributed by atoms with Gasteiger partial charge in [0, 0.05) is 50.8 Å².